The molecule has 0 aliphatic carbocycles. The molecule has 126 valence electrons. The van der Waals surface area contributed by atoms with Gasteiger partial charge in [-0.1, -0.05) is 36.4 Å². The van der Waals surface area contributed by atoms with Gasteiger partial charge in [-0.25, -0.2) is 9.59 Å². The van der Waals surface area contributed by atoms with Crippen LogP contribution in [0.2, 0.25) is 0 Å². The minimum atomic E-state index is -0.956. The summed E-state index contributed by atoms with van der Waals surface area (Å²) in [6.07, 6.45) is 0.888. The average molecular weight is 321 g/mol. The van der Waals surface area contributed by atoms with Crippen molar-refractivity contribution in [1.82, 2.24) is 5.32 Å². The van der Waals surface area contributed by atoms with Crippen molar-refractivity contribution in [1.29, 1.82) is 0 Å². The quantitative estimate of drug-likeness (QED) is 0.588. The Morgan fingerprint density at radius 1 is 1.30 bits per heavy atom. The predicted octanol–water partition coefficient (Wildman–Crippen LogP) is 2.44. The van der Waals surface area contributed by atoms with Crippen LogP contribution < -0.4 is 5.32 Å². The topological polar surface area (TPSA) is 73.9 Å². The molecule has 0 spiro atoms. The van der Waals surface area contributed by atoms with Crippen LogP contribution in [-0.4, -0.2) is 37.4 Å². The zero-order chi connectivity index (χ0) is 17.3. The van der Waals surface area contributed by atoms with Crippen LogP contribution in [0.5, 0.6) is 0 Å². The molecule has 0 radical (unpaired) electrons. The van der Waals surface area contributed by atoms with E-state index >= 15 is 0 Å². The molecule has 1 rings (SSSR count). The van der Waals surface area contributed by atoms with Crippen molar-refractivity contribution < 1.29 is 23.8 Å². The van der Waals surface area contributed by atoms with Crippen molar-refractivity contribution in [2.75, 3.05) is 13.7 Å². The number of carbonyl (C=O) groups is 2. The number of benzene rings is 1. The molecule has 1 aromatic rings. The molecule has 0 saturated carbocycles. The number of hydrogen-bond donors (Lipinski definition) is 1. The largest absolute Gasteiger partial charge is 0.467 e. The van der Waals surface area contributed by atoms with Gasteiger partial charge in [0.1, 0.15) is 6.61 Å². The van der Waals surface area contributed by atoms with E-state index in [0.717, 1.165) is 5.56 Å². The molecular weight excluding hydrogens is 298 g/mol. The SMILES string of the molecule is C=CC(C)(C)OC[C@H](NC(=O)OCc1ccccc1)C(=O)OC. The monoisotopic (exact) mass is 321 g/mol. The summed E-state index contributed by atoms with van der Waals surface area (Å²) in [6.45, 7) is 7.29. The predicted molar refractivity (Wildman–Crippen MR) is 85.8 cm³/mol. The standard InChI is InChI=1S/C17H23NO5/c1-5-17(2,3)23-12-14(15(19)21-4)18-16(20)22-11-13-9-7-6-8-10-13/h5-10,14H,1,11-12H2,2-4H3,(H,18,20)/t14-/m0/s1. The van der Waals surface area contributed by atoms with E-state index in [1.165, 1.54) is 7.11 Å². The molecule has 0 fully saturated rings. The van der Waals surface area contributed by atoms with Crippen LogP contribution in [0, 0.1) is 0 Å². The lowest BCUT2D eigenvalue weighted by Gasteiger charge is -2.24. The number of carbonyl (C=O) groups excluding carboxylic acids is 2. The van der Waals surface area contributed by atoms with Crippen LogP contribution in [0.15, 0.2) is 43.0 Å². The van der Waals surface area contributed by atoms with Gasteiger partial charge in [0, 0.05) is 0 Å². The van der Waals surface area contributed by atoms with E-state index in [2.05, 4.69) is 16.6 Å². The van der Waals surface area contributed by atoms with Gasteiger partial charge < -0.3 is 19.5 Å². The molecule has 6 heteroatoms. The Balaban J connectivity index is 2.53. The fraction of sp³-hybridized carbons (Fsp3) is 0.412. The minimum absolute atomic E-state index is 0.0495. The van der Waals surface area contributed by atoms with E-state index in [1.54, 1.807) is 19.9 Å². The lowest BCUT2D eigenvalue weighted by molar-refractivity contribution is -0.145. The Morgan fingerprint density at radius 2 is 1.96 bits per heavy atom. The van der Waals surface area contributed by atoms with Gasteiger partial charge >= 0.3 is 12.1 Å². The highest BCUT2D eigenvalue weighted by Gasteiger charge is 2.25. The van der Waals surface area contributed by atoms with Crippen molar-refractivity contribution in [3.63, 3.8) is 0 Å². The molecule has 0 unspecified atom stereocenters. The third kappa shape index (κ3) is 6.97. The van der Waals surface area contributed by atoms with Crippen LogP contribution >= 0.6 is 0 Å². The number of hydrogen-bond acceptors (Lipinski definition) is 5. The number of ether oxygens (including phenoxy) is 3. The van der Waals surface area contributed by atoms with E-state index in [0.29, 0.717) is 0 Å². The van der Waals surface area contributed by atoms with Gasteiger partial charge in [0.15, 0.2) is 6.04 Å². The molecule has 0 saturated heterocycles. The van der Waals surface area contributed by atoms with Crippen LogP contribution in [0.1, 0.15) is 19.4 Å². The fourth-order valence-electron chi connectivity index (χ4n) is 1.57. The molecule has 0 aromatic heterocycles. The number of esters is 1. The average Bonchev–Trinajstić information content (AvgIpc) is 2.57. The summed E-state index contributed by atoms with van der Waals surface area (Å²) < 4.78 is 15.3. The lowest BCUT2D eigenvalue weighted by Crippen LogP contribution is -2.46. The van der Waals surface area contributed by atoms with Gasteiger partial charge in [-0.15, -0.1) is 6.58 Å². The number of alkyl carbamates (subject to hydrolysis) is 1. The summed E-state index contributed by atoms with van der Waals surface area (Å²) in [4.78, 5) is 23.6. The molecule has 23 heavy (non-hydrogen) atoms. The van der Waals surface area contributed by atoms with Crippen molar-refractivity contribution >= 4 is 12.1 Å². The minimum Gasteiger partial charge on any atom is -0.467 e. The van der Waals surface area contributed by atoms with Crippen molar-refractivity contribution in [3.05, 3.63) is 48.6 Å². The molecule has 1 aromatic carbocycles. The summed E-state index contributed by atoms with van der Waals surface area (Å²) in [6, 6.07) is 8.28. The van der Waals surface area contributed by atoms with Crippen LogP contribution in [-0.2, 0) is 25.6 Å². The number of amides is 1. The summed E-state index contributed by atoms with van der Waals surface area (Å²) in [7, 11) is 1.24. The fourth-order valence-corrected chi connectivity index (χ4v) is 1.57. The molecule has 1 amide bonds. The molecule has 0 aliphatic rings. The lowest BCUT2D eigenvalue weighted by atomic mass is 10.1. The second-order valence-corrected chi connectivity index (χ2v) is 5.40. The van der Waals surface area contributed by atoms with E-state index < -0.39 is 23.7 Å². The Morgan fingerprint density at radius 3 is 2.52 bits per heavy atom. The number of rotatable bonds is 8. The second kappa shape index (κ2) is 8.95. The molecule has 0 bridgehead atoms. The van der Waals surface area contributed by atoms with Crippen LogP contribution in [0.25, 0.3) is 0 Å². The Hall–Kier alpha value is -2.34. The third-order valence-electron chi connectivity index (χ3n) is 3.10. The number of nitrogens with one attached hydrogen (secondary N) is 1. The van der Waals surface area contributed by atoms with Crippen molar-refractivity contribution in [2.45, 2.75) is 32.1 Å². The van der Waals surface area contributed by atoms with E-state index in [-0.39, 0.29) is 13.2 Å². The molecular formula is C17H23NO5. The van der Waals surface area contributed by atoms with E-state index in [9.17, 15) is 9.59 Å². The first-order valence-corrected chi connectivity index (χ1v) is 7.20. The van der Waals surface area contributed by atoms with Gasteiger partial charge in [0.2, 0.25) is 0 Å². The maximum Gasteiger partial charge on any atom is 0.408 e. The van der Waals surface area contributed by atoms with Gasteiger partial charge in [-0.2, -0.15) is 0 Å². The second-order valence-electron chi connectivity index (χ2n) is 5.40. The summed E-state index contributed by atoms with van der Waals surface area (Å²) in [5, 5.41) is 2.44. The maximum atomic E-state index is 11.8. The zero-order valence-corrected chi connectivity index (χ0v) is 13.7. The summed E-state index contributed by atoms with van der Waals surface area (Å²) in [5.74, 6) is -0.610. The van der Waals surface area contributed by atoms with Gasteiger partial charge in [0.05, 0.1) is 19.3 Å². The highest BCUT2D eigenvalue weighted by Crippen LogP contribution is 2.10. The zero-order valence-electron chi connectivity index (χ0n) is 13.7. The van der Waals surface area contributed by atoms with Crippen molar-refractivity contribution in [3.8, 4) is 0 Å². The molecule has 1 N–H and O–H groups in total. The molecule has 0 aliphatic heterocycles. The highest BCUT2D eigenvalue weighted by molar-refractivity contribution is 5.81. The van der Waals surface area contributed by atoms with Gasteiger partial charge in [0.25, 0.3) is 0 Å². The number of methoxy groups -OCH3 is 1. The first kappa shape index (κ1) is 18.7. The van der Waals surface area contributed by atoms with Gasteiger partial charge in [-0.05, 0) is 19.4 Å². The molecule has 6 nitrogen and oxygen atoms in total. The smallest absolute Gasteiger partial charge is 0.408 e. The molecule has 0 heterocycles. The highest BCUT2D eigenvalue weighted by atomic mass is 16.6. The maximum absolute atomic E-state index is 11.8. The normalized spacial score (nSPS) is 12.1. The summed E-state index contributed by atoms with van der Waals surface area (Å²) >= 11 is 0. The van der Waals surface area contributed by atoms with Crippen LogP contribution in [0.4, 0.5) is 4.79 Å². The first-order chi connectivity index (χ1) is 10.9. The Kier molecular flexibility index (Phi) is 7.28. The van der Waals surface area contributed by atoms with Crippen molar-refractivity contribution in [2.24, 2.45) is 0 Å². The first-order valence-electron chi connectivity index (χ1n) is 7.20. The van der Waals surface area contributed by atoms with Gasteiger partial charge in [-0.3, -0.25) is 0 Å². The van der Waals surface area contributed by atoms with E-state index in [1.807, 2.05) is 30.3 Å². The molecule has 1 atom stereocenters. The Labute approximate surface area is 136 Å². The third-order valence-corrected chi connectivity index (χ3v) is 3.10. The van der Waals surface area contributed by atoms with Crippen LogP contribution in [0.3, 0.4) is 0 Å². The summed E-state index contributed by atoms with van der Waals surface area (Å²) in [5.41, 5.74) is 0.225. The Bertz CT molecular complexity index is 527. The van der Waals surface area contributed by atoms with E-state index in [4.69, 9.17) is 9.47 Å².